The number of carbonyl (C=O) groups is 1. The third-order valence-electron chi connectivity index (χ3n) is 4.04. The molecule has 0 bridgehead atoms. The van der Waals surface area contributed by atoms with Gasteiger partial charge >= 0.3 is 0 Å². The Hall–Kier alpha value is -1.11. The SMILES string of the molecule is CC(C)CC(CNC(=O)CSc1ccccc1F)N1CCOCC1. The third kappa shape index (κ3) is 6.42. The van der Waals surface area contributed by atoms with E-state index in [9.17, 15) is 9.18 Å². The fourth-order valence-electron chi connectivity index (χ4n) is 2.84. The van der Waals surface area contributed by atoms with E-state index in [0.717, 1.165) is 32.7 Å². The molecule has 134 valence electrons. The molecule has 1 saturated heterocycles. The van der Waals surface area contributed by atoms with Crippen LogP contribution in [0.5, 0.6) is 0 Å². The van der Waals surface area contributed by atoms with Crippen molar-refractivity contribution in [1.29, 1.82) is 0 Å². The average Bonchev–Trinajstić information content (AvgIpc) is 2.58. The first-order valence-corrected chi connectivity index (χ1v) is 9.50. The van der Waals surface area contributed by atoms with Crippen LogP contribution in [-0.4, -0.2) is 55.4 Å². The number of amides is 1. The van der Waals surface area contributed by atoms with Crippen molar-refractivity contribution in [3.8, 4) is 0 Å². The Morgan fingerprint density at radius 3 is 2.71 bits per heavy atom. The van der Waals surface area contributed by atoms with Crippen LogP contribution in [0.3, 0.4) is 0 Å². The van der Waals surface area contributed by atoms with Crippen LogP contribution in [0.4, 0.5) is 4.39 Å². The van der Waals surface area contributed by atoms with Crippen molar-refractivity contribution in [3.63, 3.8) is 0 Å². The minimum atomic E-state index is -0.277. The maximum atomic E-state index is 13.6. The summed E-state index contributed by atoms with van der Waals surface area (Å²) in [4.78, 5) is 15.0. The average molecular weight is 354 g/mol. The topological polar surface area (TPSA) is 41.6 Å². The summed E-state index contributed by atoms with van der Waals surface area (Å²) in [5, 5.41) is 3.01. The highest BCUT2D eigenvalue weighted by Gasteiger charge is 2.22. The lowest BCUT2D eigenvalue weighted by Crippen LogP contribution is -2.49. The second-order valence-electron chi connectivity index (χ2n) is 6.45. The predicted molar refractivity (Wildman–Crippen MR) is 95.8 cm³/mol. The van der Waals surface area contributed by atoms with Gasteiger partial charge in [0, 0.05) is 30.6 Å². The van der Waals surface area contributed by atoms with Crippen molar-refractivity contribution >= 4 is 17.7 Å². The lowest BCUT2D eigenvalue weighted by molar-refractivity contribution is -0.118. The summed E-state index contributed by atoms with van der Waals surface area (Å²) in [5.41, 5.74) is 0. The number of ether oxygens (including phenoxy) is 1. The Morgan fingerprint density at radius 2 is 2.04 bits per heavy atom. The molecular weight excluding hydrogens is 327 g/mol. The van der Waals surface area contributed by atoms with E-state index in [0.29, 0.717) is 23.4 Å². The van der Waals surface area contributed by atoms with Crippen molar-refractivity contribution in [1.82, 2.24) is 10.2 Å². The summed E-state index contributed by atoms with van der Waals surface area (Å²) >= 11 is 1.24. The zero-order chi connectivity index (χ0) is 17.4. The molecule has 2 rings (SSSR count). The molecule has 0 radical (unpaired) electrons. The minimum Gasteiger partial charge on any atom is -0.379 e. The second-order valence-corrected chi connectivity index (χ2v) is 7.47. The van der Waals surface area contributed by atoms with Crippen LogP contribution in [-0.2, 0) is 9.53 Å². The first-order valence-electron chi connectivity index (χ1n) is 8.52. The van der Waals surface area contributed by atoms with Gasteiger partial charge in [0.2, 0.25) is 5.91 Å². The Labute approximate surface area is 148 Å². The molecule has 1 fully saturated rings. The Balaban J connectivity index is 1.79. The highest BCUT2D eigenvalue weighted by molar-refractivity contribution is 8.00. The predicted octanol–water partition coefficient (Wildman–Crippen LogP) is 2.78. The summed E-state index contributed by atoms with van der Waals surface area (Å²) in [7, 11) is 0. The number of nitrogens with one attached hydrogen (secondary N) is 1. The molecule has 1 aromatic rings. The molecule has 1 N–H and O–H groups in total. The van der Waals surface area contributed by atoms with Crippen molar-refractivity contribution in [3.05, 3.63) is 30.1 Å². The highest BCUT2D eigenvalue weighted by atomic mass is 32.2. The van der Waals surface area contributed by atoms with Gasteiger partial charge in [0.25, 0.3) is 0 Å². The molecule has 1 amide bonds. The fourth-order valence-corrected chi connectivity index (χ4v) is 3.61. The molecule has 0 aromatic heterocycles. The first kappa shape index (κ1) is 19.2. The van der Waals surface area contributed by atoms with Crippen LogP contribution >= 0.6 is 11.8 Å². The number of carbonyl (C=O) groups excluding carboxylic acids is 1. The normalized spacial score (nSPS) is 17.0. The van der Waals surface area contributed by atoms with E-state index in [1.54, 1.807) is 18.2 Å². The largest absolute Gasteiger partial charge is 0.379 e. The molecule has 1 aliphatic heterocycles. The van der Waals surface area contributed by atoms with Gasteiger partial charge in [0.1, 0.15) is 5.82 Å². The van der Waals surface area contributed by atoms with Crippen LogP contribution in [0.15, 0.2) is 29.2 Å². The zero-order valence-corrected chi connectivity index (χ0v) is 15.3. The lowest BCUT2D eigenvalue weighted by Gasteiger charge is -2.35. The van der Waals surface area contributed by atoms with E-state index in [1.165, 1.54) is 17.8 Å². The van der Waals surface area contributed by atoms with Gasteiger partial charge in [0.15, 0.2) is 0 Å². The fraction of sp³-hybridized carbons (Fsp3) is 0.611. The molecule has 1 atom stereocenters. The number of rotatable bonds is 8. The molecular formula is C18H27FN2O2S. The smallest absolute Gasteiger partial charge is 0.230 e. The van der Waals surface area contributed by atoms with E-state index in [1.807, 2.05) is 0 Å². The van der Waals surface area contributed by atoms with Gasteiger partial charge in [-0.25, -0.2) is 4.39 Å². The zero-order valence-electron chi connectivity index (χ0n) is 14.5. The van der Waals surface area contributed by atoms with Crippen LogP contribution < -0.4 is 5.32 Å². The first-order chi connectivity index (χ1) is 11.6. The maximum Gasteiger partial charge on any atom is 0.230 e. The van der Waals surface area contributed by atoms with Crippen molar-refractivity contribution < 1.29 is 13.9 Å². The van der Waals surface area contributed by atoms with Gasteiger partial charge in [-0.3, -0.25) is 9.69 Å². The summed E-state index contributed by atoms with van der Waals surface area (Å²) in [5.74, 6) is 0.479. The Bertz CT molecular complexity index is 521. The quantitative estimate of drug-likeness (QED) is 0.729. The molecule has 0 saturated carbocycles. The van der Waals surface area contributed by atoms with Gasteiger partial charge in [-0.15, -0.1) is 11.8 Å². The number of hydrogen-bond donors (Lipinski definition) is 1. The number of hydrogen-bond acceptors (Lipinski definition) is 4. The monoisotopic (exact) mass is 354 g/mol. The summed E-state index contributed by atoms with van der Waals surface area (Å²) in [6, 6.07) is 6.87. The summed E-state index contributed by atoms with van der Waals surface area (Å²) in [6.07, 6.45) is 1.04. The van der Waals surface area contributed by atoms with Crippen molar-refractivity contribution in [2.45, 2.75) is 31.2 Å². The molecule has 6 heteroatoms. The second kappa shape index (κ2) is 10.0. The van der Waals surface area contributed by atoms with E-state index in [-0.39, 0.29) is 17.5 Å². The van der Waals surface area contributed by atoms with Gasteiger partial charge in [-0.2, -0.15) is 0 Å². The van der Waals surface area contributed by atoms with Crippen LogP contribution in [0.2, 0.25) is 0 Å². The molecule has 1 heterocycles. The minimum absolute atomic E-state index is 0.0507. The Morgan fingerprint density at radius 1 is 1.33 bits per heavy atom. The number of benzene rings is 1. The summed E-state index contributed by atoms with van der Waals surface area (Å²) in [6.45, 7) is 8.37. The van der Waals surface area contributed by atoms with Gasteiger partial charge in [-0.05, 0) is 24.5 Å². The summed E-state index contributed by atoms with van der Waals surface area (Å²) < 4.78 is 19.0. The number of thioether (sulfide) groups is 1. The Kier molecular flexibility index (Phi) is 8.02. The van der Waals surface area contributed by atoms with E-state index >= 15 is 0 Å². The number of morpholine rings is 1. The van der Waals surface area contributed by atoms with E-state index in [4.69, 9.17) is 4.74 Å². The molecule has 1 aliphatic rings. The van der Waals surface area contributed by atoms with Gasteiger partial charge < -0.3 is 10.1 Å². The maximum absolute atomic E-state index is 13.6. The van der Waals surface area contributed by atoms with Crippen molar-refractivity contribution in [2.24, 2.45) is 5.92 Å². The van der Waals surface area contributed by atoms with Gasteiger partial charge in [-0.1, -0.05) is 26.0 Å². The van der Waals surface area contributed by atoms with E-state index < -0.39 is 0 Å². The van der Waals surface area contributed by atoms with Crippen LogP contribution in [0.1, 0.15) is 20.3 Å². The van der Waals surface area contributed by atoms with Crippen molar-refractivity contribution in [2.75, 3.05) is 38.6 Å². The van der Waals surface area contributed by atoms with E-state index in [2.05, 4.69) is 24.1 Å². The molecule has 1 aromatic carbocycles. The number of halogens is 1. The van der Waals surface area contributed by atoms with Crippen LogP contribution in [0, 0.1) is 11.7 Å². The van der Waals surface area contributed by atoms with Gasteiger partial charge in [0.05, 0.1) is 19.0 Å². The molecule has 24 heavy (non-hydrogen) atoms. The standard InChI is InChI=1S/C18H27FN2O2S/c1-14(2)11-15(21-7-9-23-10-8-21)12-20-18(22)13-24-17-6-4-3-5-16(17)19/h3-6,14-15H,7-13H2,1-2H3,(H,20,22). The molecule has 0 aliphatic carbocycles. The molecule has 1 unspecified atom stereocenters. The third-order valence-corrected chi connectivity index (χ3v) is 5.08. The lowest BCUT2D eigenvalue weighted by atomic mass is 10.0. The van der Waals surface area contributed by atoms with Crippen LogP contribution in [0.25, 0.3) is 0 Å². The molecule has 4 nitrogen and oxygen atoms in total. The number of nitrogens with zero attached hydrogens (tertiary/aromatic N) is 1. The highest BCUT2D eigenvalue weighted by Crippen LogP contribution is 2.20. The molecule has 0 spiro atoms.